The lowest BCUT2D eigenvalue weighted by molar-refractivity contribution is -0.114. The van der Waals surface area contributed by atoms with E-state index in [0.717, 1.165) is 0 Å². The molecular weight excluding hydrogens is 222 g/mol. The first-order chi connectivity index (χ1) is 7.80. The molecule has 0 aromatic carbocycles. The molecule has 1 aliphatic rings. The van der Waals surface area contributed by atoms with E-state index in [4.69, 9.17) is 9.15 Å². The van der Waals surface area contributed by atoms with E-state index in [1.807, 2.05) is 20.8 Å². The molecule has 1 aliphatic heterocycles. The average Bonchev–Trinajstić information content (AvgIpc) is 2.62. The van der Waals surface area contributed by atoms with Gasteiger partial charge in [0.25, 0.3) is 0 Å². The molecule has 1 N–H and O–H groups in total. The molecule has 0 saturated carbocycles. The number of carbonyl (C=O) groups is 1. The molecule has 1 saturated heterocycles. The second-order valence-electron chi connectivity index (χ2n) is 5.35. The molecule has 5 heteroatoms. The van der Waals surface area contributed by atoms with Crippen LogP contribution in [0.3, 0.4) is 0 Å². The van der Waals surface area contributed by atoms with Crippen LogP contribution in [-0.4, -0.2) is 34.8 Å². The standard InChI is InChI=1S/C12H17NO4/c1-11(2,3)17-10(14)13-7-12(15,8-13)9-5-4-6-16-9/h4-6,15H,7-8H2,1-3H3. The lowest BCUT2D eigenvalue weighted by Gasteiger charge is -2.44. The summed E-state index contributed by atoms with van der Waals surface area (Å²) in [6.07, 6.45) is 1.09. The molecule has 0 atom stereocenters. The highest BCUT2D eigenvalue weighted by molar-refractivity contribution is 5.69. The number of likely N-dealkylation sites (tertiary alicyclic amines) is 1. The van der Waals surface area contributed by atoms with Gasteiger partial charge in [-0.2, -0.15) is 0 Å². The Hall–Kier alpha value is -1.49. The zero-order chi connectivity index (χ0) is 12.7. The van der Waals surface area contributed by atoms with Gasteiger partial charge in [-0.3, -0.25) is 0 Å². The van der Waals surface area contributed by atoms with Crippen molar-refractivity contribution in [1.82, 2.24) is 4.90 Å². The molecule has 1 fully saturated rings. The number of rotatable bonds is 1. The van der Waals surface area contributed by atoms with Gasteiger partial charge in [0.15, 0.2) is 5.60 Å². The van der Waals surface area contributed by atoms with Gasteiger partial charge in [0, 0.05) is 0 Å². The van der Waals surface area contributed by atoms with Crippen molar-refractivity contribution >= 4 is 6.09 Å². The Morgan fingerprint density at radius 2 is 2.18 bits per heavy atom. The van der Waals surface area contributed by atoms with E-state index in [0.29, 0.717) is 5.76 Å². The highest BCUT2D eigenvalue weighted by atomic mass is 16.6. The first-order valence-corrected chi connectivity index (χ1v) is 5.54. The number of hydrogen-bond donors (Lipinski definition) is 1. The predicted molar refractivity (Wildman–Crippen MR) is 60.4 cm³/mol. The van der Waals surface area contributed by atoms with Crippen LogP contribution < -0.4 is 0 Å². The van der Waals surface area contributed by atoms with Crippen molar-refractivity contribution in [3.8, 4) is 0 Å². The van der Waals surface area contributed by atoms with E-state index >= 15 is 0 Å². The van der Waals surface area contributed by atoms with Crippen LogP contribution in [0.1, 0.15) is 26.5 Å². The van der Waals surface area contributed by atoms with Crippen LogP contribution in [0.25, 0.3) is 0 Å². The van der Waals surface area contributed by atoms with Gasteiger partial charge in [0.05, 0.1) is 19.4 Å². The quantitative estimate of drug-likeness (QED) is 0.810. The van der Waals surface area contributed by atoms with Crippen LogP contribution >= 0.6 is 0 Å². The summed E-state index contributed by atoms with van der Waals surface area (Å²) < 4.78 is 10.3. The summed E-state index contributed by atoms with van der Waals surface area (Å²) in [5.41, 5.74) is -1.59. The van der Waals surface area contributed by atoms with Crippen LogP contribution in [0.4, 0.5) is 4.79 Å². The zero-order valence-corrected chi connectivity index (χ0v) is 10.3. The van der Waals surface area contributed by atoms with Gasteiger partial charge in [-0.05, 0) is 32.9 Å². The number of hydrogen-bond acceptors (Lipinski definition) is 4. The van der Waals surface area contributed by atoms with Gasteiger partial charge < -0.3 is 19.2 Å². The SMILES string of the molecule is CC(C)(C)OC(=O)N1CC(O)(c2ccco2)C1. The summed E-state index contributed by atoms with van der Waals surface area (Å²) >= 11 is 0. The Balaban J connectivity index is 1.93. The van der Waals surface area contributed by atoms with Crippen LogP contribution in [0.2, 0.25) is 0 Å². The molecule has 0 bridgehead atoms. The van der Waals surface area contributed by atoms with Crippen molar-refractivity contribution in [2.75, 3.05) is 13.1 Å². The van der Waals surface area contributed by atoms with Gasteiger partial charge in [-0.15, -0.1) is 0 Å². The highest BCUT2D eigenvalue weighted by Gasteiger charge is 2.48. The number of nitrogens with zero attached hydrogens (tertiary/aromatic N) is 1. The fourth-order valence-electron chi connectivity index (χ4n) is 1.74. The summed E-state index contributed by atoms with van der Waals surface area (Å²) in [6, 6.07) is 3.41. The van der Waals surface area contributed by atoms with Crippen LogP contribution in [-0.2, 0) is 10.3 Å². The summed E-state index contributed by atoms with van der Waals surface area (Å²) in [5, 5.41) is 10.1. The van der Waals surface area contributed by atoms with Gasteiger partial charge in [-0.1, -0.05) is 0 Å². The van der Waals surface area contributed by atoms with Crippen molar-refractivity contribution in [3.05, 3.63) is 24.2 Å². The van der Waals surface area contributed by atoms with E-state index in [1.54, 1.807) is 12.1 Å². The average molecular weight is 239 g/mol. The Morgan fingerprint density at radius 1 is 1.53 bits per heavy atom. The predicted octanol–water partition coefficient (Wildman–Crippen LogP) is 1.72. The highest BCUT2D eigenvalue weighted by Crippen LogP contribution is 2.32. The van der Waals surface area contributed by atoms with Crippen molar-refractivity contribution in [3.63, 3.8) is 0 Å². The number of furan rings is 1. The van der Waals surface area contributed by atoms with Crippen molar-refractivity contribution in [2.45, 2.75) is 32.0 Å². The summed E-state index contributed by atoms with van der Waals surface area (Å²) in [6.45, 7) is 5.83. The lowest BCUT2D eigenvalue weighted by Crippen LogP contribution is -2.61. The molecule has 17 heavy (non-hydrogen) atoms. The second kappa shape index (κ2) is 3.77. The van der Waals surface area contributed by atoms with E-state index in [-0.39, 0.29) is 13.1 Å². The maximum Gasteiger partial charge on any atom is 0.410 e. The van der Waals surface area contributed by atoms with Crippen LogP contribution in [0.5, 0.6) is 0 Å². The molecule has 1 aromatic rings. The topological polar surface area (TPSA) is 62.9 Å². The molecule has 0 radical (unpaired) electrons. The third kappa shape index (κ3) is 2.44. The first-order valence-electron chi connectivity index (χ1n) is 5.54. The number of β-amino-alcohol motifs (C(OH)–C–C–N with tert-alkyl or cyclic N) is 1. The second-order valence-corrected chi connectivity index (χ2v) is 5.35. The largest absolute Gasteiger partial charge is 0.466 e. The van der Waals surface area contributed by atoms with Gasteiger partial charge >= 0.3 is 6.09 Å². The molecule has 94 valence electrons. The van der Waals surface area contributed by atoms with E-state index in [9.17, 15) is 9.90 Å². The third-order valence-corrected chi connectivity index (χ3v) is 2.54. The summed E-state index contributed by atoms with van der Waals surface area (Å²) in [4.78, 5) is 13.1. The maximum absolute atomic E-state index is 11.7. The normalized spacial score (nSPS) is 18.7. The Morgan fingerprint density at radius 3 is 2.65 bits per heavy atom. The summed E-state index contributed by atoms with van der Waals surface area (Å²) in [5.74, 6) is 0.484. The zero-order valence-electron chi connectivity index (χ0n) is 10.3. The van der Waals surface area contributed by atoms with Crippen molar-refractivity contribution in [1.29, 1.82) is 0 Å². The molecule has 1 amide bonds. The molecule has 5 nitrogen and oxygen atoms in total. The maximum atomic E-state index is 11.7. The number of aliphatic hydroxyl groups is 1. The first kappa shape index (κ1) is 12.0. The lowest BCUT2D eigenvalue weighted by atomic mass is 9.92. The number of ether oxygens (including phenoxy) is 1. The summed E-state index contributed by atoms with van der Waals surface area (Å²) in [7, 11) is 0. The van der Waals surface area contributed by atoms with E-state index in [2.05, 4.69) is 0 Å². The van der Waals surface area contributed by atoms with E-state index < -0.39 is 17.3 Å². The fourth-order valence-corrected chi connectivity index (χ4v) is 1.74. The minimum Gasteiger partial charge on any atom is -0.466 e. The molecule has 0 unspecified atom stereocenters. The smallest absolute Gasteiger partial charge is 0.410 e. The Labute approximate surface area is 100.0 Å². The van der Waals surface area contributed by atoms with Crippen molar-refractivity contribution in [2.24, 2.45) is 0 Å². The van der Waals surface area contributed by atoms with Crippen molar-refractivity contribution < 1.29 is 19.1 Å². The molecule has 0 aliphatic carbocycles. The molecule has 2 heterocycles. The van der Waals surface area contributed by atoms with Crippen LogP contribution in [0, 0.1) is 0 Å². The number of carbonyl (C=O) groups excluding carboxylic acids is 1. The van der Waals surface area contributed by atoms with Crippen LogP contribution in [0.15, 0.2) is 22.8 Å². The third-order valence-electron chi connectivity index (χ3n) is 2.54. The van der Waals surface area contributed by atoms with Gasteiger partial charge in [-0.25, -0.2) is 4.79 Å². The van der Waals surface area contributed by atoms with E-state index in [1.165, 1.54) is 11.2 Å². The van der Waals surface area contributed by atoms with Gasteiger partial charge in [0.1, 0.15) is 11.4 Å². The Kier molecular flexibility index (Phi) is 2.66. The van der Waals surface area contributed by atoms with Gasteiger partial charge in [0.2, 0.25) is 0 Å². The number of amides is 1. The Bertz CT molecular complexity index is 399. The molecule has 0 spiro atoms. The molecule has 1 aromatic heterocycles. The molecular formula is C12H17NO4. The fraction of sp³-hybridized carbons (Fsp3) is 0.583. The minimum absolute atomic E-state index is 0.204. The minimum atomic E-state index is -1.07. The monoisotopic (exact) mass is 239 g/mol. The molecule has 2 rings (SSSR count).